The molecule has 4 N–H and O–H groups in total. The Hall–Kier alpha value is -4.17. The summed E-state index contributed by atoms with van der Waals surface area (Å²) >= 11 is 0. The van der Waals surface area contributed by atoms with Crippen molar-refractivity contribution in [2.45, 2.75) is 51.1 Å². The van der Waals surface area contributed by atoms with E-state index in [9.17, 15) is 19.5 Å². The molecule has 0 spiro atoms. The van der Waals surface area contributed by atoms with E-state index < -0.39 is 23.9 Å². The fourth-order valence-electron chi connectivity index (χ4n) is 4.79. The third kappa shape index (κ3) is 9.76. The van der Waals surface area contributed by atoms with E-state index in [4.69, 9.17) is 4.74 Å². The number of para-hydroxylation sites is 1. The second-order valence-electron chi connectivity index (χ2n) is 10.4. The molecule has 0 aliphatic heterocycles. The SMILES string of the molecule is C=CC[C@@H](CC(=O)N[C@@H](C)CO)C(=O)N[C@H](COC(=O)[C@@H](CC=C)Cc1ccccc1)Cc1c[nH]c2ccccc12. The summed E-state index contributed by atoms with van der Waals surface area (Å²) < 4.78 is 5.80. The summed E-state index contributed by atoms with van der Waals surface area (Å²) in [6, 6.07) is 16.7. The minimum atomic E-state index is -0.661. The number of ether oxygens (including phenoxy) is 1. The summed E-state index contributed by atoms with van der Waals surface area (Å²) in [5, 5.41) is 16.0. The minimum Gasteiger partial charge on any atom is -0.463 e. The van der Waals surface area contributed by atoms with E-state index in [-0.39, 0.29) is 37.4 Å². The van der Waals surface area contributed by atoms with Crippen molar-refractivity contribution < 1.29 is 24.2 Å². The van der Waals surface area contributed by atoms with Gasteiger partial charge in [-0.05, 0) is 49.8 Å². The smallest absolute Gasteiger partial charge is 0.309 e. The Morgan fingerprint density at radius 3 is 2.34 bits per heavy atom. The zero-order chi connectivity index (χ0) is 29.6. The van der Waals surface area contributed by atoms with Gasteiger partial charge in [-0.1, -0.05) is 60.7 Å². The molecule has 2 aromatic carbocycles. The van der Waals surface area contributed by atoms with E-state index >= 15 is 0 Å². The Morgan fingerprint density at radius 1 is 0.951 bits per heavy atom. The van der Waals surface area contributed by atoms with Gasteiger partial charge in [-0.3, -0.25) is 14.4 Å². The number of carbonyl (C=O) groups is 3. The number of benzene rings is 2. The largest absolute Gasteiger partial charge is 0.463 e. The van der Waals surface area contributed by atoms with E-state index in [1.54, 1.807) is 19.1 Å². The summed E-state index contributed by atoms with van der Waals surface area (Å²) in [7, 11) is 0. The molecule has 0 unspecified atom stereocenters. The first kappa shape index (κ1) is 31.4. The first-order chi connectivity index (χ1) is 19.8. The summed E-state index contributed by atoms with van der Waals surface area (Å²) in [5.74, 6) is -2.07. The molecule has 3 aromatic rings. The second kappa shape index (κ2) is 16.2. The van der Waals surface area contributed by atoms with Crippen molar-refractivity contribution in [3.05, 3.63) is 97.2 Å². The van der Waals surface area contributed by atoms with Crippen LogP contribution in [-0.2, 0) is 32.0 Å². The third-order valence-electron chi connectivity index (χ3n) is 6.96. The maximum atomic E-state index is 13.4. The number of amides is 2. The second-order valence-corrected chi connectivity index (χ2v) is 10.4. The maximum Gasteiger partial charge on any atom is 0.309 e. The number of allylic oxidation sites excluding steroid dienone is 2. The number of fused-ring (bicyclic) bond motifs is 1. The topological polar surface area (TPSA) is 121 Å². The van der Waals surface area contributed by atoms with Crippen LogP contribution in [0.4, 0.5) is 0 Å². The summed E-state index contributed by atoms with van der Waals surface area (Å²) in [6.07, 6.45) is 6.86. The van der Waals surface area contributed by atoms with Gasteiger partial charge in [0.05, 0.1) is 24.5 Å². The number of aliphatic hydroxyl groups is 1. The summed E-state index contributed by atoms with van der Waals surface area (Å²) in [5.41, 5.74) is 2.97. The maximum absolute atomic E-state index is 13.4. The Balaban J connectivity index is 1.75. The van der Waals surface area contributed by atoms with Gasteiger partial charge in [0.2, 0.25) is 11.8 Å². The van der Waals surface area contributed by atoms with Gasteiger partial charge in [-0.15, -0.1) is 13.2 Å². The van der Waals surface area contributed by atoms with Crippen molar-refractivity contribution >= 4 is 28.7 Å². The summed E-state index contributed by atoms with van der Waals surface area (Å²) in [4.78, 5) is 42.3. The molecule has 1 heterocycles. The van der Waals surface area contributed by atoms with Crippen LogP contribution in [0.5, 0.6) is 0 Å². The lowest BCUT2D eigenvalue weighted by Crippen LogP contribution is -2.45. The minimum absolute atomic E-state index is 0.0267. The lowest BCUT2D eigenvalue weighted by Gasteiger charge is -2.23. The van der Waals surface area contributed by atoms with Crippen LogP contribution in [0, 0.1) is 11.8 Å². The predicted octanol–water partition coefficient (Wildman–Crippen LogP) is 4.25. The first-order valence-electron chi connectivity index (χ1n) is 14.0. The molecule has 0 aliphatic rings. The van der Waals surface area contributed by atoms with Gasteiger partial charge in [0.25, 0.3) is 0 Å². The van der Waals surface area contributed by atoms with Gasteiger partial charge in [0, 0.05) is 29.6 Å². The monoisotopic (exact) mass is 559 g/mol. The van der Waals surface area contributed by atoms with Crippen LogP contribution in [0.1, 0.15) is 37.3 Å². The molecule has 41 heavy (non-hydrogen) atoms. The van der Waals surface area contributed by atoms with Crippen molar-refractivity contribution in [3.63, 3.8) is 0 Å². The molecule has 218 valence electrons. The molecule has 0 radical (unpaired) electrons. The number of hydrogen-bond acceptors (Lipinski definition) is 5. The molecule has 0 saturated carbocycles. The quantitative estimate of drug-likeness (QED) is 0.146. The van der Waals surface area contributed by atoms with Gasteiger partial charge in [-0.25, -0.2) is 0 Å². The van der Waals surface area contributed by atoms with Crippen molar-refractivity contribution in [2.75, 3.05) is 13.2 Å². The molecule has 3 rings (SSSR count). The fraction of sp³-hybridized carbons (Fsp3) is 0.364. The molecule has 8 heteroatoms. The number of carbonyl (C=O) groups excluding carboxylic acids is 3. The van der Waals surface area contributed by atoms with Gasteiger partial charge in [0.1, 0.15) is 6.61 Å². The standard InChI is InChI=1S/C33H41N3O5/c1-4-11-25(19-31(38)35-23(3)21-37)32(39)36-28(18-27-20-34-30-16-10-9-15-29(27)30)22-41-33(40)26(12-5-2)17-24-13-7-6-8-14-24/h4-10,13-16,20,23,25-26,28,34,37H,1-2,11-12,17-19,21-22H2,3H3,(H,35,38)(H,36,39)/t23-,25-,26-,28-/m0/s1. The number of esters is 1. The molecule has 8 nitrogen and oxygen atoms in total. The lowest BCUT2D eigenvalue weighted by atomic mass is 9.96. The zero-order valence-electron chi connectivity index (χ0n) is 23.7. The molecule has 0 aliphatic carbocycles. The number of rotatable bonds is 17. The Labute approximate surface area is 241 Å². The van der Waals surface area contributed by atoms with Crippen LogP contribution >= 0.6 is 0 Å². The highest BCUT2D eigenvalue weighted by Gasteiger charge is 2.26. The third-order valence-corrected chi connectivity index (χ3v) is 6.96. The number of nitrogens with one attached hydrogen (secondary N) is 3. The molecular formula is C33H41N3O5. The first-order valence-corrected chi connectivity index (χ1v) is 14.0. The number of aromatic nitrogens is 1. The average Bonchev–Trinajstić information content (AvgIpc) is 3.38. The van der Waals surface area contributed by atoms with Crippen LogP contribution < -0.4 is 10.6 Å². The average molecular weight is 560 g/mol. The highest BCUT2D eigenvalue weighted by atomic mass is 16.5. The summed E-state index contributed by atoms with van der Waals surface area (Å²) in [6.45, 7) is 9.00. The Kier molecular flexibility index (Phi) is 12.4. The van der Waals surface area contributed by atoms with Crippen molar-refractivity contribution in [2.24, 2.45) is 11.8 Å². The van der Waals surface area contributed by atoms with Crippen LogP contribution in [0.3, 0.4) is 0 Å². The van der Waals surface area contributed by atoms with Gasteiger partial charge >= 0.3 is 5.97 Å². The zero-order valence-corrected chi connectivity index (χ0v) is 23.7. The fourth-order valence-corrected chi connectivity index (χ4v) is 4.79. The predicted molar refractivity (Wildman–Crippen MR) is 161 cm³/mol. The molecule has 2 amide bonds. The molecular weight excluding hydrogens is 518 g/mol. The number of H-pyrrole nitrogens is 1. The number of hydrogen-bond donors (Lipinski definition) is 4. The van der Waals surface area contributed by atoms with Gasteiger partial charge in [-0.2, -0.15) is 0 Å². The Morgan fingerprint density at radius 2 is 1.63 bits per heavy atom. The normalized spacial score (nSPS) is 13.9. The van der Waals surface area contributed by atoms with Crippen LogP contribution in [0.2, 0.25) is 0 Å². The van der Waals surface area contributed by atoms with E-state index in [0.29, 0.717) is 25.7 Å². The van der Waals surface area contributed by atoms with E-state index in [1.165, 1.54) is 0 Å². The van der Waals surface area contributed by atoms with Gasteiger partial charge < -0.3 is 25.5 Å². The molecule has 1 aromatic heterocycles. The molecule has 0 bridgehead atoms. The highest BCUT2D eigenvalue weighted by molar-refractivity contribution is 5.86. The van der Waals surface area contributed by atoms with Crippen molar-refractivity contribution in [3.8, 4) is 0 Å². The van der Waals surface area contributed by atoms with Gasteiger partial charge in [0.15, 0.2) is 0 Å². The molecule has 0 fully saturated rings. The van der Waals surface area contributed by atoms with Crippen molar-refractivity contribution in [1.29, 1.82) is 0 Å². The van der Waals surface area contributed by atoms with Crippen molar-refractivity contribution in [1.82, 2.24) is 15.6 Å². The van der Waals surface area contributed by atoms with E-state index in [0.717, 1.165) is 22.0 Å². The molecule has 0 saturated heterocycles. The highest BCUT2D eigenvalue weighted by Crippen LogP contribution is 2.21. The van der Waals surface area contributed by atoms with Crippen LogP contribution in [-0.4, -0.2) is 53.2 Å². The van der Waals surface area contributed by atoms with Crippen LogP contribution in [0.15, 0.2) is 86.1 Å². The van der Waals surface area contributed by atoms with E-state index in [1.807, 2.05) is 60.8 Å². The number of aromatic amines is 1. The van der Waals surface area contributed by atoms with Crippen LogP contribution in [0.25, 0.3) is 10.9 Å². The van der Waals surface area contributed by atoms with E-state index in [2.05, 4.69) is 28.8 Å². The molecule has 4 atom stereocenters. The lowest BCUT2D eigenvalue weighted by molar-refractivity contribution is -0.149. The Bertz CT molecular complexity index is 1300. The number of aliphatic hydroxyl groups excluding tert-OH is 1.